The highest BCUT2D eigenvalue weighted by atomic mass is 16.5. The topological polar surface area (TPSA) is 91.7 Å². The number of ether oxygens (including phenoxy) is 1. The van der Waals surface area contributed by atoms with E-state index in [1.165, 1.54) is 0 Å². The first kappa shape index (κ1) is 19.7. The van der Waals surface area contributed by atoms with Gasteiger partial charge in [0.15, 0.2) is 12.0 Å². The van der Waals surface area contributed by atoms with Crippen LogP contribution in [0.25, 0.3) is 10.9 Å². The molecule has 0 amide bonds. The third kappa shape index (κ3) is 4.50. The number of nitrogens with zero attached hydrogens (tertiary/aromatic N) is 1. The van der Waals surface area contributed by atoms with E-state index in [1.54, 1.807) is 30.3 Å². The predicted octanol–water partition coefficient (Wildman–Crippen LogP) is 3.35. The number of carboxylic acids is 1. The highest BCUT2D eigenvalue weighted by Crippen LogP contribution is 2.22. The molecule has 1 aliphatic rings. The van der Waals surface area contributed by atoms with Gasteiger partial charge in [-0.05, 0) is 29.8 Å². The molecular formula is C24H22N2O4. The van der Waals surface area contributed by atoms with Crippen molar-refractivity contribution in [3.05, 3.63) is 102 Å². The molecule has 152 valence electrons. The fraction of sp³-hybridized carbons (Fsp3) is 0.167. The molecule has 30 heavy (non-hydrogen) atoms. The van der Waals surface area contributed by atoms with Crippen LogP contribution in [0, 0.1) is 0 Å². The average Bonchev–Trinajstić information content (AvgIpc) is 2.78. The van der Waals surface area contributed by atoms with Crippen LogP contribution in [0.5, 0.6) is 0 Å². The quantitative estimate of drug-likeness (QED) is 0.561. The molecule has 1 aliphatic heterocycles. The molecule has 1 aromatic heterocycles. The lowest BCUT2D eigenvalue weighted by Crippen LogP contribution is -2.38. The van der Waals surface area contributed by atoms with Crippen molar-refractivity contribution < 1.29 is 19.7 Å². The van der Waals surface area contributed by atoms with Crippen molar-refractivity contribution in [2.75, 3.05) is 0 Å². The van der Waals surface area contributed by atoms with E-state index in [4.69, 9.17) is 4.74 Å². The number of pyridine rings is 1. The Hall–Kier alpha value is -3.64. The number of aliphatic carboxylic acids is 1. The maximum absolute atomic E-state index is 11.4. The van der Waals surface area contributed by atoms with E-state index in [9.17, 15) is 15.0 Å². The summed E-state index contributed by atoms with van der Waals surface area (Å²) in [7, 11) is 0. The number of hydrogen-bond acceptors (Lipinski definition) is 5. The summed E-state index contributed by atoms with van der Waals surface area (Å²) in [6, 6.07) is 20.0. The minimum atomic E-state index is -1.62. The molecule has 4 rings (SSSR count). The van der Waals surface area contributed by atoms with Gasteiger partial charge in [-0.1, -0.05) is 60.7 Å². The summed E-state index contributed by atoms with van der Waals surface area (Å²) < 4.78 is 6.00. The predicted molar refractivity (Wildman–Crippen MR) is 114 cm³/mol. The van der Waals surface area contributed by atoms with Crippen LogP contribution in [0.3, 0.4) is 0 Å². The van der Waals surface area contributed by atoms with E-state index in [-0.39, 0.29) is 6.10 Å². The summed E-state index contributed by atoms with van der Waals surface area (Å²) in [6.07, 6.45) is 4.18. The van der Waals surface area contributed by atoms with Gasteiger partial charge in [0.2, 0.25) is 0 Å². The largest absolute Gasteiger partial charge is 0.479 e. The molecule has 0 saturated heterocycles. The van der Waals surface area contributed by atoms with E-state index < -0.39 is 18.1 Å². The van der Waals surface area contributed by atoms with Gasteiger partial charge in [0.05, 0.1) is 11.6 Å². The summed E-state index contributed by atoms with van der Waals surface area (Å²) in [4.78, 5) is 16.1. The second kappa shape index (κ2) is 8.80. The number of aromatic nitrogens is 1. The molecule has 3 atom stereocenters. The lowest BCUT2D eigenvalue weighted by Gasteiger charge is -2.27. The molecule has 2 aromatic carbocycles. The molecule has 0 saturated carbocycles. The van der Waals surface area contributed by atoms with Crippen LogP contribution in [0.4, 0.5) is 0 Å². The smallest absolute Gasteiger partial charge is 0.335 e. The maximum Gasteiger partial charge on any atom is 0.335 e. The zero-order chi connectivity index (χ0) is 20.9. The maximum atomic E-state index is 11.4. The lowest BCUT2D eigenvalue weighted by molar-refractivity contribution is -0.148. The molecule has 0 radical (unpaired) electrons. The van der Waals surface area contributed by atoms with E-state index in [0.717, 1.165) is 16.6 Å². The van der Waals surface area contributed by atoms with Crippen LogP contribution < -0.4 is 5.32 Å². The molecule has 0 bridgehead atoms. The number of allylic oxidation sites excluding steroid dienone is 2. The fourth-order valence-corrected chi connectivity index (χ4v) is 3.43. The SMILES string of the molecule is O=C(O)[C@@H](O)[C@@H](NC1=CC=CC(Cc2ccc3ccccc3n2)O1)c1ccccc1. The highest BCUT2D eigenvalue weighted by Gasteiger charge is 2.29. The van der Waals surface area contributed by atoms with Crippen molar-refractivity contribution in [1.82, 2.24) is 10.3 Å². The van der Waals surface area contributed by atoms with Gasteiger partial charge in [0, 0.05) is 17.5 Å². The van der Waals surface area contributed by atoms with E-state index in [2.05, 4.69) is 10.3 Å². The number of aliphatic hydroxyl groups excluding tert-OH is 1. The Morgan fingerprint density at radius 3 is 2.63 bits per heavy atom. The normalized spacial score (nSPS) is 17.6. The Balaban J connectivity index is 1.47. The van der Waals surface area contributed by atoms with Gasteiger partial charge in [0.1, 0.15) is 6.10 Å². The number of hydrogen-bond donors (Lipinski definition) is 3. The summed E-state index contributed by atoms with van der Waals surface area (Å²) in [6.45, 7) is 0. The molecule has 0 aliphatic carbocycles. The number of carbonyl (C=O) groups is 1. The Bertz CT molecular complexity index is 1090. The second-order valence-corrected chi connectivity index (χ2v) is 7.09. The van der Waals surface area contributed by atoms with Gasteiger partial charge in [-0.3, -0.25) is 4.98 Å². The first-order valence-corrected chi connectivity index (χ1v) is 9.72. The van der Waals surface area contributed by atoms with Gasteiger partial charge in [0.25, 0.3) is 0 Å². The van der Waals surface area contributed by atoms with Crippen LogP contribution >= 0.6 is 0 Å². The molecule has 1 unspecified atom stereocenters. The van der Waals surface area contributed by atoms with Crippen molar-refractivity contribution in [3.63, 3.8) is 0 Å². The summed E-state index contributed by atoms with van der Waals surface area (Å²) in [5, 5.41) is 23.6. The van der Waals surface area contributed by atoms with Gasteiger partial charge in [-0.25, -0.2) is 4.79 Å². The first-order valence-electron chi connectivity index (χ1n) is 9.72. The fourth-order valence-electron chi connectivity index (χ4n) is 3.43. The number of carboxylic acid groups (broad SMARTS) is 1. The van der Waals surface area contributed by atoms with Gasteiger partial charge >= 0.3 is 5.97 Å². The lowest BCUT2D eigenvalue weighted by atomic mass is 10.0. The highest BCUT2D eigenvalue weighted by molar-refractivity contribution is 5.78. The molecule has 6 nitrogen and oxygen atoms in total. The monoisotopic (exact) mass is 402 g/mol. The van der Waals surface area contributed by atoms with E-state index >= 15 is 0 Å². The van der Waals surface area contributed by atoms with Crippen molar-refractivity contribution in [1.29, 1.82) is 0 Å². The molecule has 0 spiro atoms. The Labute approximate surface area is 174 Å². The molecular weight excluding hydrogens is 380 g/mol. The summed E-state index contributed by atoms with van der Waals surface area (Å²) in [5.74, 6) is -0.905. The van der Waals surface area contributed by atoms with Crippen LogP contribution in [-0.4, -0.2) is 33.4 Å². The van der Waals surface area contributed by atoms with Crippen LogP contribution in [0.15, 0.2) is 90.8 Å². The molecule has 3 N–H and O–H groups in total. The standard InChI is InChI=1S/C24H22N2O4/c27-23(24(28)29)22(17-8-2-1-3-9-17)26-21-12-6-10-19(30-21)15-18-14-13-16-7-4-5-11-20(16)25-18/h1-14,19,22-23,26-27H,15H2,(H,28,29)/t19?,22-,23-/m0/s1. The molecule has 2 heterocycles. The summed E-state index contributed by atoms with van der Waals surface area (Å²) >= 11 is 0. The third-order valence-electron chi connectivity index (χ3n) is 4.94. The summed E-state index contributed by atoms with van der Waals surface area (Å²) in [5.41, 5.74) is 2.48. The second-order valence-electron chi connectivity index (χ2n) is 7.09. The minimum absolute atomic E-state index is 0.260. The van der Waals surface area contributed by atoms with Crippen LogP contribution in [-0.2, 0) is 16.0 Å². The van der Waals surface area contributed by atoms with E-state index in [1.807, 2.05) is 54.6 Å². The minimum Gasteiger partial charge on any atom is -0.479 e. The average molecular weight is 402 g/mol. The number of aliphatic hydroxyl groups is 1. The molecule has 6 heteroatoms. The van der Waals surface area contributed by atoms with Crippen molar-refractivity contribution >= 4 is 16.9 Å². The Kier molecular flexibility index (Phi) is 5.77. The Morgan fingerprint density at radius 1 is 1.07 bits per heavy atom. The molecule has 3 aromatic rings. The van der Waals surface area contributed by atoms with Crippen LogP contribution in [0.2, 0.25) is 0 Å². The number of nitrogens with one attached hydrogen (secondary N) is 1. The van der Waals surface area contributed by atoms with Crippen molar-refractivity contribution in [3.8, 4) is 0 Å². The van der Waals surface area contributed by atoms with Crippen molar-refractivity contribution in [2.24, 2.45) is 0 Å². The van der Waals surface area contributed by atoms with Gasteiger partial charge in [-0.15, -0.1) is 0 Å². The number of rotatable bonds is 7. The number of para-hydroxylation sites is 1. The van der Waals surface area contributed by atoms with Gasteiger partial charge in [-0.2, -0.15) is 0 Å². The van der Waals surface area contributed by atoms with E-state index in [0.29, 0.717) is 17.9 Å². The zero-order valence-electron chi connectivity index (χ0n) is 16.2. The Morgan fingerprint density at radius 2 is 1.83 bits per heavy atom. The molecule has 0 fully saturated rings. The van der Waals surface area contributed by atoms with Gasteiger partial charge < -0.3 is 20.3 Å². The number of benzene rings is 2. The van der Waals surface area contributed by atoms with Crippen LogP contribution in [0.1, 0.15) is 17.3 Å². The van der Waals surface area contributed by atoms with Crippen molar-refractivity contribution in [2.45, 2.75) is 24.7 Å². The first-order chi connectivity index (χ1) is 14.6. The zero-order valence-corrected chi connectivity index (χ0v) is 16.2. The number of fused-ring (bicyclic) bond motifs is 1. The third-order valence-corrected chi connectivity index (χ3v) is 4.94.